The van der Waals surface area contributed by atoms with Gasteiger partial charge >= 0.3 is 0 Å². The van der Waals surface area contributed by atoms with E-state index >= 15 is 0 Å². The van der Waals surface area contributed by atoms with Crippen LogP contribution in [0, 0.1) is 10.1 Å². The fourth-order valence-electron chi connectivity index (χ4n) is 0.861. The molecule has 1 aliphatic heterocycles. The molecule has 1 unspecified atom stereocenters. The molecule has 4 nitrogen and oxygen atoms in total. The van der Waals surface area contributed by atoms with Crippen molar-refractivity contribution in [2.75, 3.05) is 0 Å². The number of nitro groups is 1. The Morgan fingerprint density at radius 1 is 1.91 bits per heavy atom. The van der Waals surface area contributed by atoms with Gasteiger partial charge < -0.3 is 0 Å². The van der Waals surface area contributed by atoms with Crippen molar-refractivity contribution in [3.05, 3.63) is 21.9 Å². The molecule has 0 aliphatic carbocycles. The highest BCUT2D eigenvalue weighted by molar-refractivity contribution is 6.66. The summed E-state index contributed by atoms with van der Waals surface area (Å²) in [6, 6.07) is -0.832. The van der Waals surface area contributed by atoms with Crippen LogP contribution in [-0.2, 0) is 0 Å². The Hall–Kier alpha value is -0.900. The first-order chi connectivity index (χ1) is 5.11. The normalized spacial score (nSPS) is 24.0. The lowest BCUT2D eigenvalue weighted by molar-refractivity contribution is -0.501. The molecule has 60 valence electrons. The molecule has 0 saturated heterocycles. The Labute approximate surface area is 68.7 Å². The number of halogens is 1. The van der Waals surface area contributed by atoms with Gasteiger partial charge in [-0.3, -0.25) is 10.1 Å². The second-order valence-corrected chi connectivity index (χ2v) is 2.82. The molecule has 0 amide bonds. The molecule has 0 aromatic rings. The average Bonchev–Trinajstić information content (AvgIpc) is 1.94. The summed E-state index contributed by atoms with van der Waals surface area (Å²) in [5, 5.41) is 10.4. The molecule has 1 atom stereocenters. The lowest BCUT2D eigenvalue weighted by atomic mass is 10.1. The van der Waals surface area contributed by atoms with Crippen LogP contribution < -0.4 is 0 Å². The molecule has 0 aromatic heterocycles. The van der Waals surface area contributed by atoms with Gasteiger partial charge in [0.25, 0.3) is 6.04 Å². The Kier molecular flexibility index (Phi) is 2.24. The maximum atomic E-state index is 10.3. The Morgan fingerprint density at radius 3 is 3.00 bits per heavy atom. The van der Waals surface area contributed by atoms with Gasteiger partial charge in [0.05, 0.1) is 0 Å². The zero-order valence-corrected chi connectivity index (χ0v) is 6.71. The fraction of sp³-hybridized carbons (Fsp3) is 0.500. The summed E-state index contributed by atoms with van der Waals surface area (Å²) in [4.78, 5) is 13.6. The van der Waals surface area contributed by atoms with Crippen LogP contribution in [0.2, 0.25) is 0 Å². The predicted octanol–water partition coefficient (Wildman–Crippen LogP) is 1.58. The monoisotopic (exact) mass is 174 g/mol. The van der Waals surface area contributed by atoms with Crippen LogP contribution in [0.1, 0.15) is 13.3 Å². The maximum absolute atomic E-state index is 10.3. The molecular weight excluding hydrogens is 168 g/mol. The van der Waals surface area contributed by atoms with Gasteiger partial charge in [0, 0.05) is 17.5 Å². The molecule has 0 radical (unpaired) electrons. The summed E-state index contributed by atoms with van der Waals surface area (Å²) in [7, 11) is 0. The summed E-state index contributed by atoms with van der Waals surface area (Å²) in [5.41, 5.74) is 0.885. The summed E-state index contributed by atoms with van der Waals surface area (Å²) in [5.74, 6) is 0. The minimum Gasteiger partial charge on any atom is -0.264 e. The van der Waals surface area contributed by atoms with Crippen molar-refractivity contribution in [1.82, 2.24) is 0 Å². The van der Waals surface area contributed by atoms with Gasteiger partial charge in [-0.25, -0.2) is 4.99 Å². The van der Waals surface area contributed by atoms with Crippen molar-refractivity contribution < 1.29 is 4.92 Å². The zero-order valence-electron chi connectivity index (χ0n) is 5.95. The smallest absolute Gasteiger partial charge is 0.264 e. The van der Waals surface area contributed by atoms with E-state index in [1.165, 1.54) is 0 Å². The lowest BCUT2D eigenvalue weighted by Crippen LogP contribution is -2.27. The molecule has 0 spiro atoms. The number of hydrogen-bond donors (Lipinski definition) is 0. The van der Waals surface area contributed by atoms with Gasteiger partial charge in [-0.05, 0) is 12.5 Å². The third kappa shape index (κ3) is 1.77. The first-order valence-corrected chi connectivity index (χ1v) is 3.51. The molecule has 0 fully saturated rings. The molecule has 0 saturated carbocycles. The second kappa shape index (κ2) is 3.00. The number of aliphatic imine (C=N–C) groups is 1. The second-order valence-electron chi connectivity index (χ2n) is 2.43. The highest BCUT2D eigenvalue weighted by Crippen LogP contribution is 2.16. The molecule has 5 heteroatoms. The van der Waals surface area contributed by atoms with Crippen molar-refractivity contribution in [2.24, 2.45) is 4.99 Å². The SMILES string of the molecule is CC1=CN=C(Cl)C([N+](=O)[O-])C1. The van der Waals surface area contributed by atoms with Crippen LogP contribution in [0.3, 0.4) is 0 Å². The molecule has 1 rings (SSSR count). The van der Waals surface area contributed by atoms with Crippen LogP contribution in [-0.4, -0.2) is 16.1 Å². The third-order valence-electron chi connectivity index (χ3n) is 1.45. The Bertz CT molecular complexity index is 247. The topological polar surface area (TPSA) is 55.5 Å². The van der Waals surface area contributed by atoms with E-state index in [1.807, 2.05) is 0 Å². The zero-order chi connectivity index (χ0) is 8.43. The van der Waals surface area contributed by atoms with Gasteiger partial charge in [-0.2, -0.15) is 0 Å². The first kappa shape index (κ1) is 8.20. The van der Waals surface area contributed by atoms with Crippen LogP contribution in [0.25, 0.3) is 0 Å². The Morgan fingerprint density at radius 2 is 2.55 bits per heavy atom. The molecule has 1 heterocycles. The van der Waals surface area contributed by atoms with Gasteiger partial charge in [0.15, 0.2) is 5.17 Å². The van der Waals surface area contributed by atoms with E-state index in [1.54, 1.807) is 13.1 Å². The van der Waals surface area contributed by atoms with Crippen LogP contribution in [0.4, 0.5) is 0 Å². The fourth-order valence-corrected chi connectivity index (χ4v) is 1.07. The van der Waals surface area contributed by atoms with Crippen LogP contribution >= 0.6 is 11.6 Å². The molecule has 0 bridgehead atoms. The predicted molar refractivity (Wildman–Crippen MR) is 42.4 cm³/mol. The van der Waals surface area contributed by atoms with Crippen molar-refractivity contribution >= 4 is 16.8 Å². The Balaban J connectivity index is 2.81. The summed E-state index contributed by atoms with van der Waals surface area (Å²) >= 11 is 5.51. The minimum absolute atomic E-state index is 0.0700. The van der Waals surface area contributed by atoms with Gasteiger partial charge in [-0.1, -0.05) is 11.6 Å². The standard InChI is InChI=1S/C6H7ClN2O2/c1-4-2-5(9(10)11)6(7)8-3-4/h3,5H,2H2,1H3. The van der Waals surface area contributed by atoms with Crippen molar-refractivity contribution in [1.29, 1.82) is 0 Å². The van der Waals surface area contributed by atoms with E-state index < -0.39 is 11.0 Å². The van der Waals surface area contributed by atoms with Crippen molar-refractivity contribution in [2.45, 2.75) is 19.4 Å². The largest absolute Gasteiger partial charge is 0.268 e. The van der Waals surface area contributed by atoms with Gasteiger partial charge in [0.2, 0.25) is 0 Å². The van der Waals surface area contributed by atoms with Crippen LogP contribution in [0.5, 0.6) is 0 Å². The van der Waals surface area contributed by atoms with E-state index in [0.29, 0.717) is 6.42 Å². The highest BCUT2D eigenvalue weighted by atomic mass is 35.5. The van der Waals surface area contributed by atoms with Gasteiger partial charge in [0.1, 0.15) is 0 Å². The van der Waals surface area contributed by atoms with Crippen LogP contribution in [0.15, 0.2) is 16.8 Å². The van der Waals surface area contributed by atoms with E-state index in [0.717, 1.165) is 5.57 Å². The molecule has 1 aliphatic rings. The van der Waals surface area contributed by atoms with E-state index in [9.17, 15) is 10.1 Å². The molecule has 0 N–H and O–H groups in total. The average molecular weight is 175 g/mol. The number of nitrogens with zero attached hydrogens (tertiary/aromatic N) is 2. The molecular formula is C6H7ClN2O2. The minimum atomic E-state index is -0.832. The molecule has 11 heavy (non-hydrogen) atoms. The van der Waals surface area contributed by atoms with Gasteiger partial charge in [-0.15, -0.1) is 0 Å². The molecule has 0 aromatic carbocycles. The maximum Gasteiger partial charge on any atom is 0.268 e. The summed E-state index contributed by atoms with van der Waals surface area (Å²) < 4.78 is 0. The lowest BCUT2D eigenvalue weighted by Gasteiger charge is -2.10. The number of hydrogen-bond acceptors (Lipinski definition) is 3. The summed E-state index contributed by atoms with van der Waals surface area (Å²) in [6.45, 7) is 1.79. The number of rotatable bonds is 1. The van der Waals surface area contributed by atoms with E-state index in [-0.39, 0.29) is 5.17 Å². The van der Waals surface area contributed by atoms with Crippen molar-refractivity contribution in [3.63, 3.8) is 0 Å². The van der Waals surface area contributed by atoms with E-state index in [2.05, 4.69) is 4.99 Å². The first-order valence-electron chi connectivity index (χ1n) is 3.13. The summed E-state index contributed by atoms with van der Waals surface area (Å²) in [6.07, 6.45) is 1.93. The quantitative estimate of drug-likeness (QED) is 0.448. The third-order valence-corrected chi connectivity index (χ3v) is 1.80. The van der Waals surface area contributed by atoms with E-state index in [4.69, 9.17) is 11.6 Å². The van der Waals surface area contributed by atoms with Crippen molar-refractivity contribution in [3.8, 4) is 0 Å². The highest BCUT2D eigenvalue weighted by Gasteiger charge is 2.27.